The highest BCUT2D eigenvalue weighted by Gasteiger charge is 2.35. The molecule has 0 bridgehead atoms. The number of hydrogen-bond acceptors (Lipinski definition) is 2. The molecule has 0 N–H and O–H groups in total. The summed E-state index contributed by atoms with van der Waals surface area (Å²) in [5.41, 5.74) is 2.40. The highest BCUT2D eigenvalue weighted by atomic mass is 16.6. The topological polar surface area (TPSA) is 18.5 Å². The van der Waals surface area contributed by atoms with Gasteiger partial charge in [-0.2, -0.15) is 0 Å². The van der Waals surface area contributed by atoms with Crippen molar-refractivity contribution in [1.82, 2.24) is 0 Å². The summed E-state index contributed by atoms with van der Waals surface area (Å²) in [4.78, 5) is 0. The van der Waals surface area contributed by atoms with Crippen LogP contribution >= 0.6 is 0 Å². The molecule has 1 heterocycles. The van der Waals surface area contributed by atoms with Crippen molar-refractivity contribution in [2.75, 3.05) is 0 Å². The number of rotatable bonds is 4. The molecule has 3 heteroatoms. The molecule has 0 amide bonds. The second-order valence-corrected chi connectivity index (χ2v) is 6.24. The van der Waals surface area contributed by atoms with Crippen molar-refractivity contribution in [2.24, 2.45) is 0 Å². The maximum atomic E-state index is 5.88. The minimum Gasteiger partial charge on any atom is -0.519 e. The Morgan fingerprint density at radius 1 is 1.21 bits per heavy atom. The number of fused-ring (bicyclic) bond motifs is 1. The fourth-order valence-electron chi connectivity index (χ4n) is 2.11. The first-order chi connectivity index (χ1) is 8.91. The number of benzene rings is 1. The summed E-state index contributed by atoms with van der Waals surface area (Å²) >= 11 is 0. The molecule has 2 nitrogen and oxygen atoms in total. The van der Waals surface area contributed by atoms with Crippen molar-refractivity contribution in [3.63, 3.8) is 0 Å². The van der Waals surface area contributed by atoms with Gasteiger partial charge in [0.25, 0.3) is 0 Å². The lowest BCUT2D eigenvalue weighted by atomic mass is 9.77. The Labute approximate surface area is 117 Å². The van der Waals surface area contributed by atoms with Gasteiger partial charge in [-0.25, -0.2) is 0 Å². The lowest BCUT2D eigenvalue weighted by molar-refractivity contribution is 0.506. The normalized spacial score (nSPS) is 13.8. The molecule has 19 heavy (non-hydrogen) atoms. The van der Waals surface area contributed by atoms with E-state index in [2.05, 4.69) is 46.4 Å². The van der Waals surface area contributed by atoms with Gasteiger partial charge < -0.3 is 9.31 Å². The first-order valence-corrected chi connectivity index (χ1v) is 7.07. The van der Waals surface area contributed by atoms with Crippen LogP contribution in [0.4, 0.5) is 0 Å². The van der Waals surface area contributed by atoms with Crippen molar-refractivity contribution in [1.29, 1.82) is 0 Å². The average molecular weight is 258 g/mol. The van der Waals surface area contributed by atoms with Crippen LogP contribution in [-0.2, 0) is 5.41 Å². The predicted molar refractivity (Wildman–Crippen MR) is 80.8 cm³/mol. The Kier molecular flexibility index (Phi) is 3.93. The monoisotopic (exact) mass is 258 g/mol. The Balaban J connectivity index is 2.10. The van der Waals surface area contributed by atoms with Gasteiger partial charge in [-0.3, -0.25) is 0 Å². The average Bonchev–Trinajstić information content (AvgIpc) is 2.77. The van der Waals surface area contributed by atoms with Gasteiger partial charge in [0.15, 0.2) is 0 Å². The molecule has 0 atom stereocenters. The van der Waals surface area contributed by atoms with Gasteiger partial charge in [-0.1, -0.05) is 46.6 Å². The van der Waals surface area contributed by atoms with E-state index >= 15 is 0 Å². The maximum Gasteiger partial charge on any atom is 0.627 e. The standard InChI is InChI=1S/C16H23BO2/c1-6-7-8-12(2)17-18-14-10-9-13(16(3,4)5)11-15(14)19-17/h9-11H,2,6-8H2,1,3-5H3. The van der Waals surface area contributed by atoms with E-state index in [9.17, 15) is 0 Å². The molecule has 1 aliphatic rings. The molecule has 1 aliphatic heterocycles. The molecule has 1 aromatic rings. The molecule has 0 fully saturated rings. The summed E-state index contributed by atoms with van der Waals surface area (Å²) in [5, 5.41) is 0. The zero-order valence-corrected chi connectivity index (χ0v) is 12.5. The van der Waals surface area contributed by atoms with Crippen molar-refractivity contribution in [3.05, 3.63) is 35.8 Å². The van der Waals surface area contributed by atoms with E-state index in [0.717, 1.165) is 36.2 Å². The van der Waals surface area contributed by atoms with Crippen LogP contribution in [0.2, 0.25) is 0 Å². The van der Waals surface area contributed by atoms with Crippen LogP contribution in [0.5, 0.6) is 11.5 Å². The van der Waals surface area contributed by atoms with E-state index in [1.807, 2.05) is 6.07 Å². The SMILES string of the molecule is C=C(CCCC)B1Oc2ccc(C(C)(C)C)cc2O1. The van der Waals surface area contributed by atoms with E-state index in [1.54, 1.807) is 0 Å². The fraction of sp³-hybridized carbons (Fsp3) is 0.500. The first kappa shape index (κ1) is 14.0. The second-order valence-electron chi connectivity index (χ2n) is 6.24. The van der Waals surface area contributed by atoms with Gasteiger partial charge in [-0.15, -0.1) is 6.58 Å². The number of allylic oxidation sites excluding steroid dienone is 1. The molecule has 0 spiro atoms. The summed E-state index contributed by atoms with van der Waals surface area (Å²) in [6.07, 6.45) is 3.25. The Morgan fingerprint density at radius 3 is 2.53 bits per heavy atom. The molecule has 0 aliphatic carbocycles. The van der Waals surface area contributed by atoms with Crippen LogP contribution in [0.15, 0.2) is 30.3 Å². The van der Waals surface area contributed by atoms with Crippen LogP contribution < -0.4 is 9.31 Å². The smallest absolute Gasteiger partial charge is 0.519 e. The van der Waals surface area contributed by atoms with Crippen LogP contribution in [0, 0.1) is 0 Å². The largest absolute Gasteiger partial charge is 0.627 e. The molecular weight excluding hydrogens is 235 g/mol. The van der Waals surface area contributed by atoms with Gasteiger partial charge in [-0.05, 0) is 35.0 Å². The lowest BCUT2D eigenvalue weighted by Gasteiger charge is -2.19. The van der Waals surface area contributed by atoms with E-state index in [0.29, 0.717) is 0 Å². The Morgan fingerprint density at radius 2 is 1.89 bits per heavy atom. The van der Waals surface area contributed by atoms with Gasteiger partial charge in [0.05, 0.1) is 0 Å². The van der Waals surface area contributed by atoms with Crippen LogP contribution in [0.1, 0.15) is 52.5 Å². The molecule has 0 saturated carbocycles. The van der Waals surface area contributed by atoms with Crippen molar-refractivity contribution in [3.8, 4) is 11.5 Å². The van der Waals surface area contributed by atoms with Crippen LogP contribution in [0.3, 0.4) is 0 Å². The van der Waals surface area contributed by atoms with Crippen molar-refractivity contribution in [2.45, 2.75) is 52.4 Å². The van der Waals surface area contributed by atoms with E-state index in [4.69, 9.17) is 9.31 Å². The molecule has 0 aromatic heterocycles. The minimum absolute atomic E-state index is 0.121. The molecule has 0 unspecified atom stereocenters. The van der Waals surface area contributed by atoms with Crippen LogP contribution in [0.25, 0.3) is 0 Å². The fourth-order valence-corrected chi connectivity index (χ4v) is 2.11. The third-order valence-electron chi connectivity index (χ3n) is 3.46. The van der Waals surface area contributed by atoms with Gasteiger partial charge >= 0.3 is 7.12 Å². The highest BCUT2D eigenvalue weighted by molar-refractivity contribution is 6.56. The van der Waals surface area contributed by atoms with Crippen molar-refractivity contribution < 1.29 is 9.31 Å². The predicted octanol–water partition coefficient (Wildman–Crippen LogP) is 4.53. The number of unbranched alkanes of at least 4 members (excludes halogenated alkanes) is 1. The minimum atomic E-state index is -0.309. The summed E-state index contributed by atoms with van der Waals surface area (Å²) in [6, 6.07) is 6.20. The maximum absolute atomic E-state index is 5.88. The quantitative estimate of drug-likeness (QED) is 0.739. The van der Waals surface area contributed by atoms with Gasteiger partial charge in [0, 0.05) is 0 Å². The van der Waals surface area contributed by atoms with Crippen molar-refractivity contribution >= 4 is 7.12 Å². The van der Waals surface area contributed by atoms with Gasteiger partial charge in [0.1, 0.15) is 11.5 Å². The molecule has 2 rings (SSSR count). The summed E-state index contributed by atoms with van der Waals surface area (Å²) in [6.45, 7) is 12.8. The molecule has 102 valence electrons. The molecular formula is C16H23BO2. The zero-order valence-electron chi connectivity index (χ0n) is 12.5. The molecule has 0 saturated heterocycles. The van der Waals surface area contributed by atoms with E-state index in [1.165, 1.54) is 5.56 Å². The van der Waals surface area contributed by atoms with Gasteiger partial charge in [0.2, 0.25) is 0 Å². The Bertz CT molecular complexity index is 474. The summed E-state index contributed by atoms with van der Waals surface area (Å²) < 4.78 is 11.7. The highest BCUT2D eigenvalue weighted by Crippen LogP contribution is 2.38. The zero-order chi connectivity index (χ0) is 14.0. The molecule has 0 radical (unpaired) electrons. The summed E-state index contributed by atoms with van der Waals surface area (Å²) in [5.74, 6) is 1.67. The van der Waals surface area contributed by atoms with Crippen LogP contribution in [-0.4, -0.2) is 7.12 Å². The third-order valence-corrected chi connectivity index (χ3v) is 3.46. The second kappa shape index (κ2) is 5.32. The molecule has 1 aromatic carbocycles. The summed E-state index contributed by atoms with van der Waals surface area (Å²) in [7, 11) is -0.309. The van der Waals surface area contributed by atoms with E-state index in [-0.39, 0.29) is 12.5 Å². The first-order valence-electron chi connectivity index (χ1n) is 7.07. The number of hydrogen-bond donors (Lipinski definition) is 0. The third kappa shape index (κ3) is 3.15. The lowest BCUT2D eigenvalue weighted by Crippen LogP contribution is -2.27. The van der Waals surface area contributed by atoms with E-state index < -0.39 is 0 Å². The Hall–Kier alpha value is -1.38.